The van der Waals surface area contributed by atoms with Gasteiger partial charge in [0.2, 0.25) is 0 Å². The Kier molecular flexibility index (Phi) is 5.74. The molecule has 2 aromatic carbocycles. The molecule has 0 saturated carbocycles. The summed E-state index contributed by atoms with van der Waals surface area (Å²) >= 11 is 0. The maximum absolute atomic E-state index is 12.3. The van der Waals surface area contributed by atoms with E-state index in [2.05, 4.69) is 10.1 Å². The molecule has 5 nitrogen and oxygen atoms in total. The van der Waals surface area contributed by atoms with E-state index in [1.807, 2.05) is 42.5 Å². The highest BCUT2D eigenvalue weighted by Crippen LogP contribution is 2.15. The number of carbonyl (C=O) groups is 2. The highest BCUT2D eigenvalue weighted by atomic mass is 16.5. The standard InChI is InChI=1S/C18H19NO4/c1-13(18(21)22-2)19-17(20)16-11-7-6-8-14(16)12-23-15-9-4-3-5-10-15/h3-11,13H,12H2,1-2H3,(H,19,20)/t13-/m0/s1. The van der Waals surface area contributed by atoms with Crippen molar-refractivity contribution in [3.05, 3.63) is 65.7 Å². The third-order valence-electron chi connectivity index (χ3n) is 3.30. The predicted octanol–water partition coefficient (Wildman–Crippen LogP) is 2.56. The van der Waals surface area contributed by atoms with Crippen LogP contribution in [0.5, 0.6) is 5.75 Å². The number of hydrogen-bond donors (Lipinski definition) is 1. The summed E-state index contributed by atoms with van der Waals surface area (Å²) in [6.45, 7) is 1.84. The number of hydrogen-bond acceptors (Lipinski definition) is 4. The number of rotatable bonds is 6. The second-order valence-electron chi connectivity index (χ2n) is 4.98. The minimum Gasteiger partial charge on any atom is -0.489 e. The van der Waals surface area contributed by atoms with E-state index in [1.54, 1.807) is 19.1 Å². The van der Waals surface area contributed by atoms with Crippen molar-refractivity contribution in [2.75, 3.05) is 7.11 Å². The smallest absolute Gasteiger partial charge is 0.328 e. The van der Waals surface area contributed by atoms with Gasteiger partial charge in [0.15, 0.2) is 0 Å². The van der Waals surface area contributed by atoms with Crippen LogP contribution in [0.4, 0.5) is 0 Å². The van der Waals surface area contributed by atoms with Gasteiger partial charge >= 0.3 is 5.97 Å². The molecule has 0 radical (unpaired) electrons. The quantitative estimate of drug-likeness (QED) is 0.833. The lowest BCUT2D eigenvalue weighted by Crippen LogP contribution is -2.39. The van der Waals surface area contributed by atoms with Crippen molar-refractivity contribution in [3.63, 3.8) is 0 Å². The summed E-state index contributed by atoms with van der Waals surface area (Å²) in [5.41, 5.74) is 1.21. The molecule has 23 heavy (non-hydrogen) atoms. The van der Waals surface area contributed by atoms with E-state index in [-0.39, 0.29) is 12.5 Å². The number of ether oxygens (including phenoxy) is 2. The van der Waals surface area contributed by atoms with Crippen LogP contribution in [0.1, 0.15) is 22.8 Å². The molecule has 0 aliphatic heterocycles. The van der Waals surface area contributed by atoms with Gasteiger partial charge in [-0.1, -0.05) is 36.4 Å². The van der Waals surface area contributed by atoms with E-state index < -0.39 is 12.0 Å². The Bertz CT molecular complexity index is 670. The zero-order valence-corrected chi connectivity index (χ0v) is 13.1. The Labute approximate surface area is 135 Å². The molecule has 1 N–H and O–H groups in total. The van der Waals surface area contributed by atoms with E-state index in [9.17, 15) is 9.59 Å². The first kappa shape index (κ1) is 16.5. The number of para-hydroxylation sites is 1. The molecule has 0 aliphatic carbocycles. The van der Waals surface area contributed by atoms with E-state index >= 15 is 0 Å². The summed E-state index contributed by atoms with van der Waals surface area (Å²) in [5, 5.41) is 2.62. The second-order valence-corrected chi connectivity index (χ2v) is 4.98. The maximum atomic E-state index is 12.3. The van der Waals surface area contributed by atoms with Crippen LogP contribution in [0.2, 0.25) is 0 Å². The largest absolute Gasteiger partial charge is 0.489 e. The summed E-state index contributed by atoms with van der Waals surface area (Å²) in [4.78, 5) is 23.7. The average molecular weight is 313 g/mol. The molecule has 0 saturated heterocycles. The lowest BCUT2D eigenvalue weighted by molar-refractivity contribution is -0.142. The van der Waals surface area contributed by atoms with Crippen LogP contribution in [-0.4, -0.2) is 25.0 Å². The normalized spacial score (nSPS) is 11.4. The molecular formula is C18H19NO4. The molecule has 2 aromatic rings. The third-order valence-corrected chi connectivity index (χ3v) is 3.30. The van der Waals surface area contributed by atoms with Crippen LogP contribution in [0, 0.1) is 0 Å². The molecule has 0 fully saturated rings. The zero-order valence-electron chi connectivity index (χ0n) is 13.1. The highest BCUT2D eigenvalue weighted by Gasteiger charge is 2.18. The van der Waals surface area contributed by atoms with Crippen molar-refractivity contribution in [1.82, 2.24) is 5.32 Å². The topological polar surface area (TPSA) is 64.6 Å². The molecule has 0 aliphatic rings. The van der Waals surface area contributed by atoms with Gasteiger partial charge in [0.05, 0.1) is 7.11 Å². The first-order chi connectivity index (χ1) is 11.1. The van der Waals surface area contributed by atoms with E-state index in [1.165, 1.54) is 7.11 Å². The number of carbonyl (C=O) groups excluding carboxylic acids is 2. The summed E-state index contributed by atoms with van der Waals surface area (Å²) in [6.07, 6.45) is 0. The Balaban J connectivity index is 2.07. The maximum Gasteiger partial charge on any atom is 0.328 e. The molecule has 1 atom stereocenters. The van der Waals surface area contributed by atoms with E-state index in [0.29, 0.717) is 5.56 Å². The van der Waals surface area contributed by atoms with Gasteiger partial charge < -0.3 is 14.8 Å². The fourth-order valence-corrected chi connectivity index (χ4v) is 2.06. The fourth-order valence-electron chi connectivity index (χ4n) is 2.06. The van der Waals surface area contributed by atoms with Crippen molar-refractivity contribution < 1.29 is 19.1 Å². The minimum absolute atomic E-state index is 0.264. The van der Waals surface area contributed by atoms with Crippen LogP contribution in [-0.2, 0) is 16.1 Å². The van der Waals surface area contributed by atoms with Gasteiger partial charge in [-0.25, -0.2) is 4.79 Å². The number of esters is 1. The van der Waals surface area contributed by atoms with Crippen molar-refractivity contribution in [1.29, 1.82) is 0 Å². The number of nitrogens with one attached hydrogen (secondary N) is 1. The van der Waals surface area contributed by atoms with Gasteiger partial charge in [-0.05, 0) is 25.1 Å². The lowest BCUT2D eigenvalue weighted by atomic mass is 10.1. The van der Waals surface area contributed by atoms with E-state index in [4.69, 9.17) is 4.74 Å². The lowest BCUT2D eigenvalue weighted by Gasteiger charge is -2.14. The van der Waals surface area contributed by atoms with Gasteiger partial charge in [-0.2, -0.15) is 0 Å². The molecule has 0 heterocycles. The molecule has 0 unspecified atom stereocenters. The third kappa shape index (κ3) is 4.57. The summed E-state index contributed by atoms with van der Waals surface area (Å²) in [6, 6.07) is 15.8. The van der Waals surface area contributed by atoms with Gasteiger partial charge in [-0.3, -0.25) is 4.79 Å². The Morgan fingerprint density at radius 2 is 1.70 bits per heavy atom. The second kappa shape index (κ2) is 7.98. The zero-order chi connectivity index (χ0) is 16.7. The molecule has 0 bridgehead atoms. The average Bonchev–Trinajstić information content (AvgIpc) is 2.60. The van der Waals surface area contributed by atoms with Gasteiger partial charge in [-0.15, -0.1) is 0 Å². The van der Waals surface area contributed by atoms with Crippen molar-refractivity contribution >= 4 is 11.9 Å². The Morgan fingerprint density at radius 1 is 1.04 bits per heavy atom. The first-order valence-corrected chi connectivity index (χ1v) is 7.26. The molecule has 5 heteroatoms. The Hall–Kier alpha value is -2.82. The number of methoxy groups -OCH3 is 1. The van der Waals surface area contributed by atoms with E-state index in [0.717, 1.165) is 11.3 Å². The SMILES string of the molecule is COC(=O)[C@H](C)NC(=O)c1ccccc1COc1ccccc1. The van der Waals surface area contributed by atoms with Gasteiger partial charge in [0, 0.05) is 11.1 Å². The molecule has 1 amide bonds. The molecule has 0 spiro atoms. The predicted molar refractivity (Wildman–Crippen MR) is 86.2 cm³/mol. The van der Waals surface area contributed by atoms with Gasteiger partial charge in [0.1, 0.15) is 18.4 Å². The van der Waals surface area contributed by atoms with Crippen LogP contribution in [0.3, 0.4) is 0 Å². The first-order valence-electron chi connectivity index (χ1n) is 7.26. The summed E-state index contributed by atoms with van der Waals surface area (Å²) < 4.78 is 10.3. The molecular weight excluding hydrogens is 294 g/mol. The summed E-state index contributed by atoms with van der Waals surface area (Å²) in [5.74, 6) is -0.0998. The van der Waals surface area contributed by atoms with Crippen molar-refractivity contribution in [3.8, 4) is 5.75 Å². The van der Waals surface area contributed by atoms with Crippen LogP contribution in [0.25, 0.3) is 0 Å². The van der Waals surface area contributed by atoms with Crippen molar-refractivity contribution in [2.24, 2.45) is 0 Å². The highest BCUT2D eigenvalue weighted by molar-refractivity contribution is 5.97. The minimum atomic E-state index is -0.712. The molecule has 0 aromatic heterocycles. The number of amides is 1. The monoisotopic (exact) mass is 313 g/mol. The molecule has 120 valence electrons. The number of benzene rings is 2. The van der Waals surface area contributed by atoms with Crippen LogP contribution in [0.15, 0.2) is 54.6 Å². The summed E-state index contributed by atoms with van der Waals surface area (Å²) in [7, 11) is 1.28. The van der Waals surface area contributed by atoms with Crippen LogP contribution >= 0.6 is 0 Å². The fraction of sp³-hybridized carbons (Fsp3) is 0.222. The van der Waals surface area contributed by atoms with Gasteiger partial charge in [0.25, 0.3) is 5.91 Å². The Morgan fingerprint density at radius 3 is 2.39 bits per heavy atom. The van der Waals surface area contributed by atoms with Crippen LogP contribution < -0.4 is 10.1 Å². The van der Waals surface area contributed by atoms with Crippen molar-refractivity contribution in [2.45, 2.75) is 19.6 Å². The molecule has 2 rings (SSSR count).